The average Bonchev–Trinajstić information content (AvgIpc) is 2.40. The molecule has 108 valence electrons. The lowest BCUT2D eigenvalue weighted by Crippen LogP contribution is -2.29. The molecule has 1 aromatic rings. The molecule has 19 heavy (non-hydrogen) atoms. The summed E-state index contributed by atoms with van der Waals surface area (Å²) in [6.07, 6.45) is 1.91. The van der Waals surface area contributed by atoms with E-state index in [2.05, 4.69) is 41.0 Å². The number of nitrogens with one attached hydrogen (secondary N) is 1. The Morgan fingerprint density at radius 1 is 1.21 bits per heavy atom. The van der Waals surface area contributed by atoms with Gasteiger partial charge in [-0.1, -0.05) is 6.92 Å². The molecule has 5 heteroatoms. The summed E-state index contributed by atoms with van der Waals surface area (Å²) in [5, 5.41) is 12.5. The van der Waals surface area contributed by atoms with Crippen LogP contribution < -0.4 is 10.2 Å². The van der Waals surface area contributed by atoms with Crippen LogP contribution in [0.2, 0.25) is 0 Å². The molecule has 0 spiro atoms. The van der Waals surface area contributed by atoms with Gasteiger partial charge < -0.3 is 15.3 Å². The lowest BCUT2D eigenvalue weighted by molar-refractivity contribution is 0.302. The highest BCUT2D eigenvalue weighted by atomic mass is 16.3. The minimum atomic E-state index is 0.136. The molecule has 0 fully saturated rings. The summed E-state index contributed by atoms with van der Waals surface area (Å²) in [5.74, 6) is 2.72. The molecule has 1 heterocycles. The van der Waals surface area contributed by atoms with Crippen LogP contribution in [0.5, 0.6) is 0 Å². The number of aryl methyl sites for hydroxylation is 1. The largest absolute Gasteiger partial charge is 0.395 e. The first-order chi connectivity index (χ1) is 9.17. The quantitative estimate of drug-likeness (QED) is 0.753. The maximum Gasteiger partial charge on any atom is 0.137 e. The number of aromatic nitrogens is 2. The van der Waals surface area contributed by atoms with Crippen LogP contribution in [0, 0.1) is 6.92 Å². The second-order valence-electron chi connectivity index (χ2n) is 4.52. The predicted octanol–water partition coefficient (Wildman–Crippen LogP) is 1.99. The van der Waals surface area contributed by atoms with E-state index in [1.807, 2.05) is 6.92 Å². The fraction of sp³-hybridized carbons (Fsp3) is 0.714. The zero-order valence-corrected chi connectivity index (χ0v) is 12.5. The maximum atomic E-state index is 9.16. The summed E-state index contributed by atoms with van der Waals surface area (Å²) >= 11 is 0. The molecule has 0 amide bonds. The van der Waals surface area contributed by atoms with Crippen LogP contribution >= 0.6 is 0 Å². The van der Waals surface area contributed by atoms with E-state index in [1.165, 1.54) is 0 Å². The third-order valence-corrected chi connectivity index (χ3v) is 3.04. The molecule has 2 N–H and O–H groups in total. The van der Waals surface area contributed by atoms with Gasteiger partial charge in [0.1, 0.15) is 17.5 Å². The highest BCUT2D eigenvalue weighted by Gasteiger charge is 2.14. The van der Waals surface area contributed by atoms with Gasteiger partial charge >= 0.3 is 0 Å². The number of anilines is 2. The number of aliphatic hydroxyl groups excluding tert-OH is 1. The monoisotopic (exact) mass is 266 g/mol. The Bertz CT molecular complexity index is 395. The van der Waals surface area contributed by atoms with Crippen molar-refractivity contribution in [3.8, 4) is 0 Å². The van der Waals surface area contributed by atoms with Crippen molar-refractivity contribution in [3.05, 3.63) is 11.4 Å². The van der Waals surface area contributed by atoms with Crippen molar-refractivity contribution in [2.75, 3.05) is 36.5 Å². The molecule has 0 unspecified atom stereocenters. The number of nitrogens with zero attached hydrogens (tertiary/aromatic N) is 3. The van der Waals surface area contributed by atoms with Gasteiger partial charge in [-0.2, -0.15) is 0 Å². The number of aliphatic hydroxyl groups is 1. The van der Waals surface area contributed by atoms with Gasteiger partial charge in [0.05, 0.1) is 6.61 Å². The Morgan fingerprint density at radius 3 is 2.47 bits per heavy atom. The SMILES string of the molecule is CCCc1nc(NCC)c(C)c(N(CC)CCO)n1. The molecule has 0 radical (unpaired) electrons. The lowest BCUT2D eigenvalue weighted by atomic mass is 10.2. The summed E-state index contributed by atoms with van der Waals surface area (Å²) < 4.78 is 0. The van der Waals surface area contributed by atoms with Gasteiger partial charge in [-0.05, 0) is 27.2 Å². The first-order valence-electron chi connectivity index (χ1n) is 7.15. The molecule has 0 bridgehead atoms. The second-order valence-corrected chi connectivity index (χ2v) is 4.52. The zero-order chi connectivity index (χ0) is 14.3. The molecule has 0 saturated carbocycles. The van der Waals surface area contributed by atoms with Gasteiger partial charge in [-0.3, -0.25) is 0 Å². The van der Waals surface area contributed by atoms with E-state index in [0.29, 0.717) is 6.54 Å². The first-order valence-corrected chi connectivity index (χ1v) is 7.15. The number of likely N-dealkylation sites (N-methyl/N-ethyl adjacent to an activating group) is 1. The average molecular weight is 266 g/mol. The van der Waals surface area contributed by atoms with Crippen LogP contribution in [0.15, 0.2) is 0 Å². The molecule has 1 rings (SSSR count). The topological polar surface area (TPSA) is 61.3 Å². The third-order valence-electron chi connectivity index (χ3n) is 3.04. The standard InChI is InChI=1S/C14H26N4O/c1-5-8-12-16-13(15-6-2)11(4)14(17-12)18(7-3)9-10-19/h19H,5-10H2,1-4H3,(H,15,16,17). The van der Waals surface area contributed by atoms with Gasteiger partial charge in [0.25, 0.3) is 0 Å². The maximum absolute atomic E-state index is 9.16. The molecular weight excluding hydrogens is 240 g/mol. The number of hydrogen-bond acceptors (Lipinski definition) is 5. The van der Waals surface area contributed by atoms with Crippen LogP contribution in [0.25, 0.3) is 0 Å². The molecule has 0 aromatic carbocycles. The van der Waals surface area contributed by atoms with E-state index in [-0.39, 0.29) is 6.61 Å². The number of hydrogen-bond donors (Lipinski definition) is 2. The molecule has 0 atom stereocenters. The van der Waals surface area contributed by atoms with Crippen LogP contribution in [0.1, 0.15) is 38.6 Å². The Kier molecular flexibility index (Phi) is 6.56. The van der Waals surface area contributed by atoms with Crippen LogP contribution in [-0.2, 0) is 6.42 Å². The van der Waals surface area contributed by atoms with Gasteiger partial charge in [0, 0.05) is 31.6 Å². The summed E-state index contributed by atoms with van der Waals surface area (Å²) in [6, 6.07) is 0. The Balaban J connectivity index is 3.18. The third kappa shape index (κ3) is 4.06. The Morgan fingerprint density at radius 2 is 1.95 bits per heavy atom. The van der Waals surface area contributed by atoms with E-state index in [1.54, 1.807) is 0 Å². The lowest BCUT2D eigenvalue weighted by Gasteiger charge is -2.24. The van der Waals surface area contributed by atoms with E-state index >= 15 is 0 Å². The van der Waals surface area contributed by atoms with E-state index in [4.69, 9.17) is 5.11 Å². The van der Waals surface area contributed by atoms with Crippen molar-refractivity contribution in [1.82, 2.24) is 9.97 Å². The minimum absolute atomic E-state index is 0.136. The van der Waals surface area contributed by atoms with Crippen molar-refractivity contribution in [2.24, 2.45) is 0 Å². The van der Waals surface area contributed by atoms with Crippen molar-refractivity contribution < 1.29 is 5.11 Å². The molecule has 5 nitrogen and oxygen atoms in total. The van der Waals surface area contributed by atoms with Crippen molar-refractivity contribution in [2.45, 2.75) is 40.5 Å². The van der Waals surface area contributed by atoms with Crippen molar-refractivity contribution in [3.63, 3.8) is 0 Å². The van der Waals surface area contributed by atoms with Crippen molar-refractivity contribution >= 4 is 11.6 Å². The normalized spacial score (nSPS) is 10.6. The van der Waals surface area contributed by atoms with Crippen LogP contribution in [0.4, 0.5) is 11.6 Å². The fourth-order valence-electron chi connectivity index (χ4n) is 2.07. The molecule has 0 aliphatic carbocycles. The van der Waals surface area contributed by atoms with E-state index in [0.717, 1.165) is 49.0 Å². The predicted molar refractivity (Wildman–Crippen MR) is 79.9 cm³/mol. The summed E-state index contributed by atoms with van der Waals surface area (Å²) in [5.41, 5.74) is 1.05. The summed E-state index contributed by atoms with van der Waals surface area (Å²) in [4.78, 5) is 11.3. The fourth-order valence-corrected chi connectivity index (χ4v) is 2.07. The van der Waals surface area contributed by atoms with Gasteiger partial charge in [0.15, 0.2) is 0 Å². The number of rotatable bonds is 8. The molecule has 0 saturated heterocycles. The van der Waals surface area contributed by atoms with Gasteiger partial charge in [0.2, 0.25) is 0 Å². The van der Waals surface area contributed by atoms with E-state index in [9.17, 15) is 0 Å². The molecule has 0 aliphatic rings. The van der Waals surface area contributed by atoms with Gasteiger partial charge in [-0.15, -0.1) is 0 Å². The molecule has 1 aromatic heterocycles. The Labute approximate surface area is 116 Å². The smallest absolute Gasteiger partial charge is 0.137 e. The zero-order valence-electron chi connectivity index (χ0n) is 12.5. The first kappa shape index (κ1) is 15.7. The molecular formula is C14H26N4O. The Hall–Kier alpha value is -1.36. The molecule has 0 aliphatic heterocycles. The highest BCUT2D eigenvalue weighted by molar-refractivity contribution is 5.58. The van der Waals surface area contributed by atoms with E-state index < -0.39 is 0 Å². The second kappa shape index (κ2) is 7.94. The highest BCUT2D eigenvalue weighted by Crippen LogP contribution is 2.23. The summed E-state index contributed by atoms with van der Waals surface area (Å²) in [7, 11) is 0. The van der Waals surface area contributed by atoms with Gasteiger partial charge in [-0.25, -0.2) is 9.97 Å². The van der Waals surface area contributed by atoms with Crippen LogP contribution in [0.3, 0.4) is 0 Å². The minimum Gasteiger partial charge on any atom is -0.395 e. The summed E-state index contributed by atoms with van der Waals surface area (Å²) in [6.45, 7) is 10.7. The van der Waals surface area contributed by atoms with Crippen LogP contribution in [-0.4, -0.2) is 41.3 Å². The van der Waals surface area contributed by atoms with Crippen molar-refractivity contribution in [1.29, 1.82) is 0 Å².